The fourth-order valence-electron chi connectivity index (χ4n) is 5.11. The molecule has 1 amide bonds. The largest absolute Gasteiger partial charge is 0.493 e. The number of carbonyl (C=O) groups excluding carboxylic acids is 1. The van der Waals surface area contributed by atoms with Crippen LogP contribution in [0, 0.1) is 5.92 Å². The molecule has 4 rings (SSSR count). The van der Waals surface area contributed by atoms with E-state index in [1.807, 2.05) is 0 Å². The van der Waals surface area contributed by atoms with Crippen molar-refractivity contribution in [1.82, 2.24) is 10.2 Å². The van der Waals surface area contributed by atoms with E-state index in [9.17, 15) is 4.79 Å². The van der Waals surface area contributed by atoms with Crippen LogP contribution < -0.4 is 14.8 Å². The van der Waals surface area contributed by atoms with Crippen LogP contribution in [0.3, 0.4) is 0 Å². The summed E-state index contributed by atoms with van der Waals surface area (Å²) >= 11 is 0. The number of nitrogens with one attached hydrogen (secondary N) is 1. The number of benzene rings is 1. The number of carbonyl (C=O) groups is 1. The van der Waals surface area contributed by atoms with E-state index in [0.717, 1.165) is 50.3 Å². The monoisotopic (exact) mass is 374 g/mol. The highest BCUT2D eigenvalue weighted by molar-refractivity contribution is 5.70. The van der Waals surface area contributed by atoms with Crippen LogP contribution in [0.1, 0.15) is 49.8 Å². The molecule has 3 atom stereocenters. The van der Waals surface area contributed by atoms with E-state index in [4.69, 9.17) is 14.2 Å². The SMILES string of the molecule is CCCC[C@H]1CN2CCc3cc(OC)c(OC)cc3[C@@H]2C[C@]12CNC(=O)O2. The molecule has 0 bridgehead atoms. The van der Waals surface area contributed by atoms with Gasteiger partial charge in [0.15, 0.2) is 11.5 Å². The third-order valence-corrected chi connectivity index (χ3v) is 6.59. The van der Waals surface area contributed by atoms with Crippen molar-refractivity contribution in [2.45, 2.75) is 50.7 Å². The first-order chi connectivity index (χ1) is 13.1. The van der Waals surface area contributed by atoms with Gasteiger partial charge in [-0.25, -0.2) is 4.79 Å². The van der Waals surface area contributed by atoms with Crippen molar-refractivity contribution in [3.63, 3.8) is 0 Å². The van der Waals surface area contributed by atoms with E-state index in [1.54, 1.807) is 14.2 Å². The lowest BCUT2D eigenvalue weighted by atomic mass is 9.72. The van der Waals surface area contributed by atoms with Gasteiger partial charge < -0.3 is 19.5 Å². The minimum atomic E-state index is -0.394. The average Bonchev–Trinajstić information content (AvgIpc) is 3.06. The van der Waals surface area contributed by atoms with Gasteiger partial charge in [-0.1, -0.05) is 19.8 Å². The Morgan fingerprint density at radius 3 is 2.74 bits per heavy atom. The number of methoxy groups -OCH3 is 2. The molecular weight excluding hydrogens is 344 g/mol. The lowest BCUT2D eigenvalue weighted by Crippen LogP contribution is -2.56. The Hall–Kier alpha value is -1.95. The molecule has 2 saturated heterocycles. The van der Waals surface area contributed by atoms with Crippen LogP contribution in [0.4, 0.5) is 4.79 Å². The van der Waals surface area contributed by atoms with E-state index in [0.29, 0.717) is 12.5 Å². The zero-order valence-electron chi connectivity index (χ0n) is 16.5. The smallest absolute Gasteiger partial charge is 0.407 e. The Bertz CT molecular complexity index is 722. The summed E-state index contributed by atoms with van der Waals surface area (Å²) in [6, 6.07) is 4.48. The first-order valence-electron chi connectivity index (χ1n) is 10.1. The highest BCUT2D eigenvalue weighted by atomic mass is 16.6. The predicted octanol–water partition coefficient (Wildman–Crippen LogP) is 3.29. The molecule has 6 nitrogen and oxygen atoms in total. The van der Waals surface area contributed by atoms with Gasteiger partial charge in [0.2, 0.25) is 0 Å². The summed E-state index contributed by atoms with van der Waals surface area (Å²) in [5.41, 5.74) is 2.21. The predicted molar refractivity (Wildman–Crippen MR) is 102 cm³/mol. The highest BCUT2D eigenvalue weighted by Crippen LogP contribution is 2.48. The van der Waals surface area contributed by atoms with Gasteiger partial charge in [0.25, 0.3) is 0 Å². The second-order valence-corrected chi connectivity index (χ2v) is 8.02. The van der Waals surface area contributed by atoms with E-state index < -0.39 is 5.60 Å². The van der Waals surface area contributed by atoms with Crippen LogP contribution >= 0.6 is 0 Å². The molecule has 148 valence electrons. The number of amides is 1. The van der Waals surface area contributed by atoms with Gasteiger partial charge in [0.1, 0.15) is 5.60 Å². The van der Waals surface area contributed by atoms with Crippen LogP contribution in [0.15, 0.2) is 12.1 Å². The average molecular weight is 374 g/mol. The second-order valence-electron chi connectivity index (χ2n) is 8.02. The molecule has 3 aliphatic rings. The van der Waals surface area contributed by atoms with Gasteiger partial charge in [-0.05, 0) is 36.1 Å². The Morgan fingerprint density at radius 1 is 1.30 bits per heavy atom. The van der Waals surface area contributed by atoms with Gasteiger partial charge in [0.05, 0.1) is 20.8 Å². The topological polar surface area (TPSA) is 60.0 Å². The Morgan fingerprint density at radius 2 is 2.07 bits per heavy atom. The summed E-state index contributed by atoms with van der Waals surface area (Å²) in [5, 5.41) is 2.92. The van der Waals surface area contributed by atoms with E-state index in [2.05, 4.69) is 29.3 Å². The van der Waals surface area contributed by atoms with Crippen molar-refractivity contribution in [2.75, 3.05) is 33.9 Å². The Balaban J connectivity index is 1.68. The first-order valence-corrected chi connectivity index (χ1v) is 10.1. The number of nitrogens with zero attached hydrogens (tertiary/aromatic N) is 1. The van der Waals surface area contributed by atoms with E-state index in [-0.39, 0.29) is 12.1 Å². The number of piperidine rings is 1. The van der Waals surface area contributed by atoms with Crippen LogP contribution in [0.5, 0.6) is 11.5 Å². The van der Waals surface area contributed by atoms with Crippen LogP contribution in [0.25, 0.3) is 0 Å². The Kier molecular flexibility index (Phi) is 4.93. The van der Waals surface area contributed by atoms with Gasteiger partial charge in [-0.2, -0.15) is 0 Å². The summed E-state index contributed by atoms with van der Waals surface area (Å²) < 4.78 is 17.0. The molecular formula is C21H30N2O4. The standard InChI is InChI=1S/C21H30N2O4/c1-4-5-6-15-12-23-8-7-14-9-18(25-2)19(26-3)10-16(14)17(23)11-21(15)13-22-20(24)27-21/h9-10,15,17H,4-8,11-13H2,1-3H3,(H,22,24)/t15-,17-,21-/m0/s1. The molecule has 0 aliphatic carbocycles. The molecule has 0 aromatic heterocycles. The number of hydrogen-bond acceptors (Lipinski definition) is 5. The van der Waals surface area contributed by atoms with Crippen LogP contribution in [-0.4, -0.2) is 50.4 Å². The van der Waals surface area contributed by atoms with Gasteiger partial charge in [-0.3, -0.25) is 4.90 Å². The molecule has 0 saturated carbocycles. The van der Waals surface area contributed by atoms with Crippen molar-refractivity contribution < 1.29 is 19.0 Å². The number of hydrogen-bond donors (Lipinski definition) is 1. The van der Waals surface area contributed by atoms with Gasteiger partial charge in [0, 0.05) is 31.5 Å². The third kappa shape index (κ3) is 3.14. The summed E-state index contributed by atoms with van der Waals surface area (Å²) in [4.78, 5) is 14.5. The summed E-state index contributed by atoms with van der Waals surface area (Å²) in [6.07, 6.45) is 5.02. The Labute approximate surface area is 161 Å². The van der Waals surface area contributed by atoms with Crippen molar-refractivity contribution in [1.29, 1.82) is 0 Å². The van der Waals surface area contributed by atoms with Crippen molar-refractivity contribution in [3.8, 4) is 11.5 Å². The highest BCUT2D eigenvalue weighted by Gasteiger charge is 2.53. The molecule has 1 spiro atoms. The maximum absolute atomic E-state index is 11.9. The van der Waals surface area contributed by atoms with Crippen LogP contribution in [0.2, 0.25) is 0 Å². The minimum absolute atomic E-state index is 0.249. The quantitative estimate of drug-likeness (QED) is 0.857. The molecule has 6 heteroatoms. The zero-order valence-corrected chi connectivity index (χ0v) is 16.5. The van der Waals surface area contributed by atoms with Crippen LogP contribution in [-0.2, 0) is 11.2 Å². The molecule has 2 fully saturated rings. The molecule has 3 heterocycles. The lowest BCUT2D eigenvalue weighted by Gasteiger charge is -2.50. The molecule has 3 aliphatic heterocycles. The number of rotatable bonds is 5. The maximum Gasteiger partial charge on any atom is 0.407 e. The number of fused-ring (bicyclic) bond motifs is 3. The molecule has 1 N–H and O–H groups in total. The van der Waals surface area contributed by atoms with E-state index in [1.165, 1.54) is 17.5 Å². The van der Waals surface area contributed by atoms with Crippen molar-refractivity contribution in [3.05, 3.63) is 23.3 Å². The molecule has 1 aromatic rings. The summed E-state index contributed by atoms with van der Waals surface area (Å²) in [7, 11) is 3.35. The van der Waals surface area contributed by atoms with Crippen molar-refractivity contribution in [2.24, 2.45) is 5.92 Å². The molecule has 27 heavy (non-hydrogen) atoms. The summed E-state index contributed by atoms with van der Waals surface area (Å²) in [6.45, 7) is 4.85. The third-order valence-electron chi connectivity index (χ3n) is 6.59. The molecule has 0 unspecified atom stereocenters. The molecule has 1 aromatic carbocycles. The van der Waals surface area contributed by atoms with Crippen molar-refractivity contribution >= 4 is 6.09 Å². The normalized spacial score (nSPS) is 29.7. The van der Waals surface area contributed by atoms with E-state index >= 15 is 0 Å². The zero-order chi connectivity index (χ0) is 19.0. The maximum atomic E-state index is 11.9. The fraction of sp³-hybridized carbons (Fsp3) is 0.667. The van der Waals surface area contributed by atoms with Gasteiger partial charge >= 0.3 is 6.09 Å². The fourth-order valence-corrected chi connectivity index (χ4v) is 5.11. The number of ether oxygens (including phenoxy) is 3. The minimum Gasteiger partial charge on any atom is -0.493 e. The van der Waals surface area contributed by atoms with Gasteiger partial charge in [-0.15, -0.1) is 0 Å². The summed E-state index contributed by atoms with van der Waals surface area (Å²) in [5.74, 6) is 1.93. The number of alkyl carbamates (subject to hydrolysis) is 1. The second kappa shape index (κ2) is 7.23. The lowest BCUT2D eigenvalue weighted by molar-refractivity contribution is -0.0786. The first kappa shape index (κ1) is 18.4. The number of unbranched alkanes of at least 4 members (excludes halogenated alkanes) is 1. The molecule has 0 radical (unpaired) electrons.